The lowest BCUT2D eigenvalue weighted by atomic mass is 9.89. The van der Waals surface area contributed by atoms with Gasteiger partial charge in [-0.25, -0.2) is 4.79 Å². The maximum atomic E-state index is 11.5. The molecule has 3 rings (SSSR count). The Morgan fingerprint density at radius 3 is 2.71 bits per heavy atom. The summed E-state index contributed by atoms with van der Waals surface area (Å²) < 4.78 is 10.1. The number of carbonyl (C=O) groups is 1. The van der Waals surface area contributed by atoms with Gasteiger partial charge in [0.25, 0.3) is 0 Å². The normalized spacial score (nSPS) is 16.2. The number of nitrogens with zero attached hydrogens (tertiary/aromatic N) is 1. The molecular weight excluding hydrogens is 268 g/mol. The Morgan fingerprint density at radius 2 is 2.05 bits per heavy atom. The van der Waals surface area contributed by atoms with Crippen molar-refractivity contribution in [1.82, 2.24) is 9.88 Å². The van der Waals surface area contributed by atoms with Gasteiger partial charge in [-0.05, 0) is 42.5 Å². The lowest BCUT2D eigenvalue weighted by Gasteiger charge is -2.30. The molecule has 0 aliphatic carbocycles. The molecule has 5 nitrogen and oxygen atoms in total. The number of aromatic amines is 1. The van der Waals surface area contributed by atoms with Crippen LogP contribution in [0.25, 0.3) is 10.9 Å². The highest BCUT2D eigenvalue weighted by atomic mass is 16.5. The van der Waals surface area contributed by atoms with Gasteiger partial charge in [0, 0.05) is 30.2 Å². The minimum atomic E-state index is -0.228. The predicted molar refractivity (Wildman–Crippen MR) is 80.8 cm³/mol. The third-order valence-electron chi connectivity index (χ3n) is 4.29. The number of hydrogen-bond donors (Lipinski definition) is 1. The van der Waals surface area contributed by atoms with E-state index in [1.54, 1.807) is 12.0 Å². The number of aromatic nitrogens is 1. The topological polar surface area (TPSA) is 54.6 Å². The fourth-order valence-corrected chi connectivity index (χ4v) is 3.09. The SMILES string of the molecule is COC(=O)N1CCC(c2c[nH]c3ccc(OC)cc23)CC1. The van der Waals surface area contributed by atoms with E-state index in [1.807, 2.05) is 12.1 Å². The molecule has 1 aromatic carbocycles. The van der Waals surface area contributed by atoms with Crippen molar-refractivity contribution in [3.63, 3.8) is 0 Å². The zero-order valence-electron chi connectivity index (χ0n) is 12.4. The van der Waals surface area contributed by atoms with Gasteiger partial charge < -0.3 is 19.4 Å². The van der Waals surface area contributed by atoms with E-state index in [-0.39, 0.29) is 6.09 Å². The molecule has 1 fully saturated rings. The van der Waals surface area contributed by atoms with Gasteiger partial charge in [0.2, 0.25) is 0 Å². The van der Waals surface area contributed by atoms with Crippen molar-refractivity contribution < 1.29 is 14.3 Å². The minimum Gasteiger partial charge on any atom is -0.497 e. The molecule has 1 N–H and O–H groups in total. The zero-order chi connectivity index (χ0) is 14.8. The molecule has 1 saturated heterocycles. The number of benzene rings is 1. The third kappa shape index (κ3) is 2.55. The van der Waals surface area contributed by atoms with Crippen LogP contribution in [0.3, 0.4) is 0 Å². The number of piperidine rings is 1. The van der Waals surface area contributed by atoms with Crippen LogP contribution in [0.2, 0.25) is 0 Å². The van der Waals surface area contributed by atoms with Crippen molar-refractivity contribution in [3.05, 3.63) is 30.0 Å². The number of carbonyl (C=O) groups excluding carboxylic acids is 1. The molecule has 21 heavy (non-hydrogen) atoms. The van der Waals surface area contributed by atoms with Gasteiger partial charge in [-0.2, -0.15) is 0 Å². The Morgan fingerprint density at radius 1 is 1.29 bits per heavy atom. The number of fused-ring (bicyclic) bond motifs is 1. The molecule has 0 saturated carbocycles. The number of rotatable bonds is 2. The summed E-state index contributed by atoms with van der Waals surface area (Å²) in [6.07, 6.45) is 3.77. The number of H-pyrrole nitrogens is 1. The van der Waals surface area contributed by atoms with Crippen LogP contribution in [-0.2, 0) is 4.74 Å². The second-order valence-electron chi connectivity index (χ2n) is 5.39. The summed E-state index contributed by atoms with van der Waals surface area (Å²) in [5, 5.41) is 1.21. The molecule has 2 aromatic rings. The molecule has 112 valence electrons. The largest absolute Gasteiger partial charge is 0.497 e. The monoisotopic (exact) mass is 288 g/mol. The summed E-state index contributed by atoms with van der Waals surface area (Å²) in [6, 6.07) is 6.08. The number of nitrogens with one attached hydrogen (secondary N) is 1. The highest BCUT2D eigenvalue weighted by Gasteiger charge is 2.25. The molecule has 5 heteroatoms. The fourth-order valence-electron chi connectivity index (χ4n) is 3.09. The van der Waals surface area contributed by atoms with Crippen LogP contribution in [-0.4, -0.2) is 43.3 Å². The van der Waals surface area contributed by atoms with Gasteiger partial charge in [-0.1, -0.05) is 0 Å². The van der Waals surface area contributed by atoms with E-state index in [1.165, 1.54) is 18.1 Å². The van der Waals surface area contributed by atoms with Crippen LogP contribution in [0.1, 0.15) is 24.3 Å². The molecule has 1 aliphatic rings. The van der Waals surface area contributed by atoms with Gasteiger partial charge in [0.1, 0.15) is 5.75 Å². The van der Waals surface area contributed by atoms with Crippen LogP contribution in [0.15, 0.2) is 24.4 Å². The molecule has 1 amide bonds. The van der Waals surface area contributed by atoms with Crippen molar-refractivity contribution in [2.24, 2.45) is 0 Å². The van der Waals surface area contributed by atoms with Crippen LogP contribution < -0.4 is 4.74 Å². The highest BCUT2D eigenvalue weighted by Crippen LogP contribution is 2.34. The van der Waals surface area contributed by atoms with Gasteiger partial charge in [0.05, 0.1) is 14.2 Å². The summed E-state index contributed by atoms with van der Waals surface area (Å²) in [6.45, 7) is 1.49. The van der Waals surface area contributed by atoms with Gasteiger partial charge in [-0.3, -0.25) is 0 Å². The van der Waals surface area contributed by atoms with Gasteiger partial charge in [0.15, 0.2) is 0 Å². The van der Waals surface area contributed by atoms with E-state index in [9.17, 15) is 4.79 Å². The highest BCUT2D eigenvalue weighted by molar-refractivity contribution is 5.85. The first-order valence-electron chi connectivity index (χ1n) is 7.21. The van der Waals surface area contributed by atoms with Crippen LogP contribution >= 0.6 is 0 Å². The number of likely N-dealkylation sites (tertiary alicyclic amines) is 1. The third-order valence-corrected chi connectivity index (χ3v) is 4.29. The average molecular weight is 288 g/mol. The van der Waals surface area contributed by atoms with Crippen LogP contribution in [0.4, 0.5) is 4.79 Å². The number of ether oxygens (including phenoxy) is 2. The molecule has 0 atom stereocenters. The Bertz CT molecular complexity index is 642. The minimum absolute atomic E-state index is 0.228. The Hall–Kier alpha value is -2.17. The van der Waals surface area contributed by atoms with Gasteiger partial charge >= 0.3 is 6.09 Å². The molecule has 1 aliphatic heterocycles. The zero-order valence-corrected chi connectivity index (χ0v) is 12.4. The fraction of sp³-hybridized carbons (Fsp3) is 0.438. The first-order chi connectivity index (χ1) is 10.2. The molecule has 2 heterocycles. The van der Waals surface area contributed by atoms with Crippen LogP contribution in [0.5, 0.6) is 5.75 Å². The number of amides is 1. The van der Waals surface area contributed by atoms with Crippen molar-refractivity contribution >= 4 is 17.0 Å². The summed E-state index contributed by atoms with van der Waals surface area (Å²) in [5.74, 6) is 1.34. The van der Waals surface area contributed by atoms with Crippen molar-refractivity contribution in [2.75, 3.05) is 27.3 Å². The Kier molecular flexibility index (Phi) is 3.73. The van der Waals surface area contributed by atoms with Crippen molar-refractivity contribution in [3.8, 4) is 5.75 Å². The van der Waals surface area contributed by atoms with E-state index in [0.717, 1.165) is 37.2 Å². The Balaban J connectivity index is 1.80. The lowest BCUT2D eigenvalue weighted by Crippen LogP contribution is -2.37. The smallest absolute Gasteiger partial charge is 0.409 e. The number of hydrogen-bond acceptors (Lipinski definition) is 3. The maximum absolute atomic E-state index is 11.5. The first kappa shape index (κ1) is 13.8. The molecule has 0 unspecified atom stereocenters. The number of methoxy groups -OCH3 is 2. The second kappa shape index (κ2) is 5.68. The maximum Gasteiger partial charge on any atom is 0.409 e. The van der Waals surface area contributed by atoms with Crippen LogP contribution in [0, 0.1) is 0 Å². The summed E-state index contributed by atoms with van der Waals surface area (Å²) in [4.78, 5) is 16.6. The van der Waals surface area contributed by atoms with E-state index in [0.29, 0.717) is 5.92 Å². The molecular formula is C16H20N2O3. The Labute approximate surface area is 123 Å². The quantitative estimate of drug-likeness (QED) is 0.923. The standard InChI is InChI=1S/C16H20N2O3/c1-20-12-3-4-15-13(9-12)14(10-17-15)11-5-7-18(8-6-11)16(19)21-2/h3-4,9-11,17H,5-8H2,1-2H3. The second-order valence-corrected chi connectivity index (χ2v) is 5.39. The van der Waals surface area contributed by atoms with E-state index < -0.39 is 0 Å². The molecule has 0 radical (unpaired) electrons. The predicted octanol–water partition coefficient (Wildman–Crippen LogP) is 3.12. The van der Waals surface area contributed by atoms with E-state index in [4.69, 9.17) is 9.47 Å². The van der Waals surface area contributed by atoms with E-state index >= 15 is 0 Å². The molecule has 0 spiro atoms. The summed E-state index contributed by atoms with van der Waals surface area (Å²) in [5.41, 5.74) is 2.44. The lowest BCUT2D eigenvalue weighted by molar-refractivity contribution is 0.112. The van der Waals surface area contributed by atoms with Crippen molar-refractivity contribution in [1.29, 1.82) is 0 Å². The first-order valence-corrected chi connectivity index (χ1v) is 7.21. The van der Waals surface area contributed by atoms with Crippen molar-refractivity contribution in [2.45, 2.75) is 18.8 Å². The summed E-state index contributed by atoms with van der Waals surface area (Å²) in [7, 11) is 3.11. The average Bonchev–Trinajstić information content (AvgIpc) is 2.97. The summed E-state index contributed by atoms with van der Waals surface area (Å²) >= 11 is 0. The molecule has 1 aromatic heterocycles. The van der Waals surface area contributed by atoms with Gasteiger partial charge in [-0.15, -0.1) is 0 Å². The molecule has 0 bridgehead atoms. The van der Waals surface area contributed by atoms with E-state index in [2.05, 4.69) is 17.2 Å².